The van der Waals surface area contributed by atoms with Crippen molar-refractivity contribution in [1.29, 1.82) is 0 Å². The quantitative estimate of drug-likeness (QED) is 0.700. The first-order valence-electron chi connectivity index (χ1n) is 4.52. The molecule has 1 aromatic rings. The highest BCUT2D eigenvalue weighted by Crippen LogP contribution is 2.43. The lowest BCUT2D eigenvalue weighted by atomic mass is 10.0. The van der Waals surface area contributed by atoms with Crippen molar-refractivity contribution in [3.05, 3.63) is 28.8 Å². The number of anilines is 1. The lowest BCUT2D eigenvalue weighted by molar-refractivity contribution is -0.0119. The summed E-state index contributed by atoms with van der Waals surface area (Å²) >= 11 is 5.78. The molecule has 1 aliphatic rings. The van der Waals surface area contributed by atoms with Gasteiger partial charge in [-0.25, -0.2) is 8.78 Å². The molecule has 0 saturated carbocycles. The molecule has 0 spiro atoms. The van der Waals surface area contributed by atoms with Crippen LogP contribution in [0.4, 0.5) is 14.5 Å². The van der Waals surface area contributed by atoms with Gasteiger partial charge in [0.1, 0.15) is 0 Å². The standard InChI is InChI=1S/C10H10ClF2N/c11-7-3-1-4-8-9(7)10(12,13)5-2-6-14-8/h1,3-4,14H,2,5-6H2. The maximum atomic E-state index is 13.6. The summed E-state index contributed by atoms with van der Waals surface area (Å²) in [4.78, 5) is 0. The second-order valence-electron chi connectivity index (χ2n) is 3.40. The number of fused-ring (bicyclic) bond motifs is 1. The van der Waals surface area contributed by atoms with Crippen molar-refractivity contribution in [2.45, 2.75) is 18.8 Å². The van der Waals surface area contributed by atoms with Crippen LogP contribution in [-0.2, 0) is 5.92 Å². The Hall–Kier alpha value is -0.830. The molecule has 1 aliphatic heterocycles. The molecular formula is C10H10ClF2N. The molecule has 0 bridgehead atoms. The van der Waals surface area contributed by atoms with Crippen LogP contribution in [0.25, 0.3) is 0 Å². The summed E-state index contributed by atoms with van der Waals surface area (Å²) in [6.45, 7) is 0.572. The van der Waals surface area contributed by atoms with Crippen LogP contribution in [0.3, 0.4) is 0 Å². The fourth-order valence-corrected chi connectivity index (χ4v) is 2.01. The first-order chi connectivity index (χ1) is 6.61. The molecule has 0 aromatic heterocycles. The van der Waals surface area contributed by atoms with E-state index in [1.165, 1.54) is 6.07 Å². The fraction of sp³-hybridized carbons (Fsp3) is 0.400. The van der Waals surface area contributed by atoms with Crippen LogP contribution in [0.1, 0.15) is 18.4 Å². The molecule has 0 radical (unpaired) electrons. The smallest absolute Gasteiger partial charge is 0.276 e. The fourth-order valence-electron chi connectivity index (χ4n) is 1.70. The Morgan fingerprint density at radius 3 is 2.93 bits per heavy atom. The van der Waals surface area contributed by atoms with Gasteiger partial charge in [0, 0.05) is 18.7 Å². The Kier molecular flexibility index (Phi) is 2.35. The van der Waals surface area contributed by atoms with Gasteiger partial charge < -0.3 is 5.32 Å². The third-order valence-corrected chi connectivity index (χ3v) is 2.68. The Morgan fingerprint density at radius 1 is 1.36 bits per heavy atom. The molecule has 0 fully saturated rings. The normalized spacial score (nSPS) is 19.4. The van der Waals surface area contributed by atoms with Crippen LogP contribution in [0.5, 0.6) is 0 Å². The van der Waals surface area contributed by atoms with E-state index in [0.29, 0.717) is 18.7 Å². The van der Waals surface area contributed by atoms with Crippen molar-refractivity contribution >= 4 is 17.3 Å². The van der Waals surface area contributed by atoms with Gasteiger partial charge in [0.2, 0.25) is 0 Å². The van der Waals surface area contributed by atoms with E-state index >= 15 is 0 Å². The summed E-state index contributed by atoms with van der Waals surface area (Å²) in [5, 5.41) is 3.10. The molecule has 0 unspecified atom stereocenters. The molecule has 1 nitrogen and oxygen atoms in total. The molecule has 1 N–H and O–H groups in total. The van der Waals surface area contributed by atoms with Crippen LogP contribution < -0.4 is 5.32 Å². The molecule has 0 atom stereocenters. The Morgan fingerprint density at radius 2 is 2.14 bits per heavy atom. The number of nitrogens with one attached hydrogen (secondary N) is 1. The molecule has 76 valence electrons. The van der Waals surface area contributed by atoms with Crippen LogP contribution >= 0.6 is 11.6 Å². The molecule has 4 heteroatoms. The van der Waals surface area contributed by atoms with E-state index in [4.69, 9.17) is 11.6 Å². The Balaban J connectivity index is 2.58. The lowest BCUT2D eigenvalue weighted by Gasteiger charge is -2.17. The average Bonchev–Trinajstić information content (AvgIpc) is 2.25. The van der Waals surface area contributed by atoms with Crippen molar-refractivity contribution in [3.63, 3.8) is 0 Å². The number of halogens is 3. The first kappa shape index (κ1) is 9.71. The minimum absolute atomic E-state index is 0.0563. The van der Waals surface area contributed by atoms with E-state index in [9.17, 15) is 8.78 Å². The van der Waals surface area contributed by atoms with Crippen LogP contribution in [0, 0.1) is 0 Å². The zero-order valence-corrected chi connectivity index (χ0v) is 8.24. The SMILES string of the molecule is FC1(F)CCCNc2cccc(Cl)c21. The second-order valence-corrected chi connectivity index (χ2v) is 3.80. The Bertz CT molecular complexity index is 352. The summed E-state index contributed by atoms with van der Waals surface area (Å²) in [7, 11) is 0. The summed E-state index contributed by atoms with van der Waals surface area (Å²) in [6, 6.07) is 4.82. The largest absolute Gasteiger partial charge is 0.385 e. The van der Waals surface area contributed by atoms with Gasteiger partial charge in [0.05, 0.1) is 10.6 Å². The van der Waals surface area contributed by atoms with Gasteiger partial charge in [-0.2, -0.15) is 0 Å². The van der Waals surface area contributed by atoms with E-state index in [0.717, 1.165) is 0 Å². The zero-order chi connectivity index (χ0) is 10.2. The van der Waals surface area contributed by atoms with Crippen LogP contribution in [0.15, 0.2) is 18.2 Å². The predicted octanol–water partition coefficient (Wildman–Crippen LogP) is 3.64. The predicted molar refractivity (Wildman–Crippen MR) is 53.1 cm³/mol. The van der Waals surface area contributed by atoms with Gasteiger partial charge in [-0.3, -0.25) is 0 Å². The highest BCUT2D eigenvalue weighted by atomic mass is 35.5. The number of rotatable bonds is 0. The van der Waals surface area contributed by atoms with Crippen molar-refractivity contribution in [2.24, 2.45) is 0 Å². The number of hydrogen-bond acceptors (Lipinski definition) is 1. The molecule has 1 heterocycles. The summed E-state index contributed by atoms with van der Waals surface area (Å²) in [5.41, 5.74) is 0.402. The van der Waals surface area contributed by atoms with Gasteiger partial charge in [-0.15, -0.1) is 0 Å². The minimum atomic E-state index is -2.81. The highest BCUT2D eigenvalue weighted by Gasteiger charge is 2.37. The molecule has 1 aromatic carbocycles. The van der Waals surface area contributed by atoms with E-state index in [1.807, 2.05) is 0 Å². The van der Waals surface area contributed by atoms with Gasteiger partial charge in [0.25, 0.3) is 5.92 Å². The maximum Gasteiger partial charge on any atom is 0.276 e. The molecule has 14 heavy (non-hydrogen) atoms. The van der Waals surface area contributed by atoms with E-state index in [2.05, 4.69) is 5.32 Å². The van der Waals surface area contributed by atoms with Crippen molar-refractivity contribution in [1.82, 2.24) is 0 Å². The summed E-state index contributed by atoms with van der Waals surface area (Å²) in [5.74, 6) is -2.81. The van der Waals surface area contributed by atoms with Crippen molar-refractivity contribution < 1.29 is 8.78 Å². The maximum absolute atomic E-state index is 13.6. The van der Waals surface area contributed by atoms with Crippen LogP contribution in [0.2, 0.25) is 5.02 Å². The van der Waals surface area contributed by atoms with Crippen LogP contribution in [-0.4, -0.2) is 6.54 Å². The Labute approximate surface area is 86.1 Å². The number of benzene rings is 1. The third kappa shape index (κ3) is 1.57. The second kappa shape index (κ2) is 3.39. The first-order valence-corrected chi connectivity index (χ1v) is 4.90. The molecule has 2 rings (SSSR count). The highest BCUT2D eigenvalue weighted by molar-refractivity contribution is 6.31. The third-order valence-electron chi connectivity index (χ3n) is 2.36. The van der Waals surface area contributed by atoms with Crippen molar-refractivity contribution in [2.75, 3.05) is 11.9 Å². The molecule has 0 saturated heterocycles. The molecular weight excluding hydrogens is 208 g/mol. The summed E-state index contributed by atoms with van der Waals surface area (Å²) in [6.07, 6.45) is 0.314. The van der Waals surface area contributed by atoms with Crippen molar-refractivity contribution in [3.8, 4) is 0 Å². The molecule has 0 amide bonds. The van der Waals surface area contributed by atoms with Gasteiger partial charge in [-0.05, 0) is 18.6 Å². The topological polar surface area (TPSA) is 12.0 Å². The van der Waals surface area contributed by atoms with E-state index in [1.54, 1.807) is 12.1 Å². The van der Waals surface area contributed by atoms with Gasteiger partial charge >= 0.3 is 0 Å². The average molecular weight is 218 g/mol. The number of hydrogen-bond donors (Lipinski definition) is 1. The zero-order valence-electron chi connectivity index (χ0n) is 7.49. The van der Waals surface area contributed by atoms with Gasteiger partial charge in [-0.1, -0.05) is 17.7 Å². The van der Waals surface area contributed by atoms with E-state index in [-0.39, 0.29) is 17.0 Å². The number of alkyl halides is 2. The van der Waals surface area contributed by atoms with Gasteiger partial charge in [0.15, 0.2) is 0 Å². The molecule has 0 aliphatic carbocycles. The summed E-state index contributed by atoms with van der Waals surface area (Å²) < 4.78 is 27.2. The minimum Gasteiger partial charge on any atom is -0.385 e. The van der Waals surface area contributed by atoms with E-state index < -0.39 is 5.92 Å². The lowest BCUT2D eigenvalue weighted by Crippen LogP contribution is -2.13. The monoisotopic (exact) mass is 217 g/mol.